The van der Waals surface area contributed by atoms with Crippen molar-refractivity contribution in [2.45, 2.75) is 12.3 Å². The molecule has 0 fully saturated rings. The number of rotatable bonds is 2. The Hall–Kier alpha value is -1.50. The second-order valence-electron chi connectivity index (χ2n) is 2.58. The van der Waals surface area contributed by atoms with E-state index in [9.17, 15) is 13.2 Å². The second-order valence-corrected chi connectivity index (χ2v) is 2.58. The molecular weight excluding hydrogens is 179 g/mol. The smallest absolute Gasteiger partial charge is 0.207 e. The van der Waals surface area contributed by atoms with Crippen molar-refractivity contribution in [1.82, 2.24) is 0 Å². The maximum Gasteiger partial charge on any atom is 0.336 e. The highest BCUT2D eigenvalue weighted by Gasteiger charge is 2.29. The third kappa shape index (κ3) is 2.48. The van der Waals surface area contributed by atoms with Crippen molar-refractivity contribution in [3.63, 3.8) is 0 Å². The van der Waals surface area contributed by atoms with Crippen LogP contribution in [0.4, 0.5) is 13.2 Å². The van der Waals surface area contributed by atoms with Crippen molar-refractivity contribution >= 4 is 0 Å². The highest BCUT2D eigenvalue weighted by molar-refractivity contribution is 5.20. The van der Waals surface area contributed by atoms with Crippen molar-refractivity contribution in [3.8, 4) is 6.07 Å². The summed E-state index contributed by atoms with van der Waals surface area (Å²) in [6.07, 6.45) is -0.879. The molecule has 13 heavy (non-hydrogen) atoms. The van der Waals surface area contributed by atoms with Gasteiger partial charge in [0.1, 0.15) is 11.9 Å². The molecule has 0 N–H and O–H groups in total. The topological polar surface area (TPSA) is 23.8 Å². The Balaban J connectivity index is 2.88. The summed E-state index contributed by atoms with van der Waals surface area (Å²) in [6.45, 7) is 0. The minimum atomic E-state index is -3.50. The first-order valence-electron chi connectivity index (χ1n) is 3.58. The van der Waals surface area contributed by atoms with Gasteiger partial charge in [-0.25, -0.2) is 4.39 Å². The zero-order chi connectivity index (χ0) is 9.90. The van der Waals surface area contributed by atoms with Crippen LogP contribution in [-0.2, 0) is 6.42 Å². The van der Waals surface area contributed by atoms with E-state index in [1.54, 1.807) is 0 Å². The Morgan fingerprint density at radius 1 is 1.31 bits per heavy atom. The number of hydrogen-bond acceptors (Lipinski definition) is 1. The molecule has 0 atom stereocenters. The van der Waals surface area contributed by atoms with Crippen LogP contribution >= 0.6 is 0 Å². The normalized spacial score (nSPS) is 10.9. The maximum absolute atomic E-state index is 12.8. The quantitative estimate of drug-likeness (QED) is 0.694. The molecule has 0 saturated heterocycles. The van der Waals surface area contributed by atoms with Gasteiger partial charge in [-0.3, -0.25) is 0 Å². The van der Waals surface area contributed by atoms with Crippen molar-refractivity contribution < 1.29 is 13.2 Å². The number of alkyl halides is 2. The average Bonchev–Trinajstić information content (AvgIpc) is 2.09. The molecule has 1 nitrogen and oxygen atoms in total. The molecule has 4 heteroatoms. The van der Waals surface area contributed by atoms with E-state index in [1.165, 1.54) is 18.2 Å². The molecule has 0 radical (unpaired) electrons. The molecule has 0 aromatic heterocycles. The molecule has 0 heterocycles. The van der Waals surface area contributed by atoms with Crippen LogP contribution in [-0.4, -0.2) is 5.92 Å². The summed E-state index contributed by atoms with van der Waals surface area (Å²) in [5.74, 6) is -4.21. The summed E-state index contributed by atoms with van der Waals surface area (Å²) in [5, 5.41) is 8.02. The first-order valence-corrected chi connectivity index (χ1v) is 3.58. The molecule has 1 aromatic carbocycles. The van der Waals surface area contributed by atoms with E-state index in [0.717, 1.165) is 12.1 Å². The summed E-state index contributed by atoms with van der Waals surface area (Å²) in [4.78, 5) is 0. The van der Waals surface area contributed by atoms with Gasteiger partial charge in [-0.1, -0.05) is 18.2 Å². The van der Waals surface area contributed by atoms with Crippen molar-refractivity contribution in [2.24, 2.45) is 0 Å². The molecule has 0 amide bonds. The number of hydrogen-bond donors (Lipinski definition) is 0. The van der Waals surface area contributed by atoms with Gasteiger partial charge in [-0.15, -0.1) is 0 Å². The summed E-state index contributed by atoms with van der Waals surface area (Å²) >= 11 is 0. The molecule has 0 aliphatic rings. The van der Waals surface area contributed by atoms with Crippen LogP contribution in [0.2, 0.25) is 0 Å². The lowest BCUT2D eigenvalue weighted by Gasteiger charge is -2.07. The fourth-order valence-electron chi connectivity index (χ4n) is 0.920. The van der Waals surface area contributed by atoms with Crippen LogP contribution in [0.15, 0.2) is 24.3 Å². The van der Waals surface area contributed by atoms with Crippen LogP contribution in [0, 0.1) is 17.1 Å². The second kappa shape index (κ2) is 3.48. The zero-order valence-corrected chi connectivity index (χ0v) is 6.60. The van der Waals surface area contributed by atoms with E-state index in [0.29, 0.717) is 0 Å². The van der Waals surface area contributed by atoms with Gasteiger partial charge in [0.2, 0.25) is 0 Å². The van der Waals surface area contributed by atoms with Crippen LogP contribution in [0.1, 0.15) is 5.56 Å². The fraction of sp³-hybridized carbons (Fsp3) is 0.222. The SMILES string of the molecule is N#CC(F)(F)Cc1ccccc1F. The molecule has 1 aromatic rings. The lowest BCUT2D eigenvalue weighted by Crippen LogP contribution is -2.17. The van der Waals surface area contributed by atoms with Gasteiger partial charge in [0.05, 0.1) is 6.42 Å². The van der Waals surface area contributed by atoms with Gasteiger partial charge in [0, 0.05) is 0 Å². The van der Waals surface area contributed by atoms with Crippen molar-refractivity contribution in [3.05, 3.63) is 35.6 Å². The molecule has 0 spiro atoms. The fourth-order valence-corrected chi connectivity index (χ4v) is 0.920. The number of nitrogens with zero attached hydrogens (tertiary/aromatic N) is 1. The Bertz CT molecular complexity index is 341. The van der Waals surface area contributed by atoms with Gasteiger partial charge in [0.25, 0.3) is 0 Å². The van der Waals surface area contributed by atoms with E-state index in [-0.39, 0.29) is 5.56 Å². The van der Waals surface area contributed by atoms with Gasteiger partial charge in [-0.05, 0) is 11.6 Å². The van der Waals surface area contributed by atoms with Crippen LogP contribution in [0.25, 0.3) is 0 Å². The first kappa shape index (κ1) is 9.59. The number of benzene rings is 1. The van der Waals surface area contributed by atoms with Gasteiger partial charge in [0.15, 0.2) is 0 Å². The predicted molar refractivity (Wildman–Crippen MR) is 40.7 cm³/mol. The standard InChI is InChI=1S/C9H6F3N/c10-8-4-2-1-3-7(8)5-9(11,12)6-13/h1-4H,5H2. The Kier molecular flexibility index (Phi) is 2.57. The Morgan fingerprint density at radius 2 is 1.92 bits per heavy atom. The van der Waals surface area contributed by atoms with Crippen molar-refractivity contribution in [2.75, 3.05) is 0 Å². The predicted octanol–water partition coefficient (Wildman–Crippen LogP) is 2.53. The Morgan fingerprint density at radius 3 is 2.46 bits per heavy atom. The van der Waals surface area contributed by atoms with Crippen LogP contribution < -0.4 is 0 Å². The molecule has 0 aliphatic heterocycles. The first-order chi connectivity index (χ1) is 6.05. The third-order valence-electron chi connectivity index (χ3n) is 1.53. The molecular formula is C9H6F3N. The number of halogens is 3. The summed E-state index contributed by atoms with van der Waals surface area (Å²) in [6, 6.07) is 6.00. The van der Waals surface area contributed by atoms with E-state index >= 15 is 0 Å². The highest BCUT2D eigenvalue weighted by atomic mass is 19.3. The van der Waals surface area contributed by atoms with E-state index in [2.05, 4.69) is 0 Å². The highest BCUT2D eigenvalue weighted by Crippen LogP contribution is 2.20. The van der Waals surface area contributed by atoms with Crippen LogP contribution in [0.5, 0.6) is 0 Å². The van der Waals surface area contributed by atoms with E-state index < -0.39 is 18.2 Å². The van der Waals surface area contributed by atoms with Gasteiger partial charge >= 0.3 is 5.92 Å². The minimum Gasteiger partial charge on any atom is -0.207 e. The lowest BCUT2D eigenvalue weighted by atomic mass is 10.1. The number of nitriles is 1. The largest absolute Gasteiger partial charge is 0.336 e. The third-order valence-corrected chi connectivity index (χ3v) is 1.53. The molecule has 0 unspecified atom stereocenters. The van der Waals surface area contributed by atoms with E-state index in [1.807, 2.05) is 0 Å². The molecule has 0 saturated carbocycles. The van der Waals surface area contributed by atoms with Gasteiger partial charge in [-0.2, -0.15) is 14.0 Å². The molecule has 0 bridgehead atoms. The zero-order valence-electron chi connectivity index (χ0n) is 6.60. The maximum atomic E-state index is 12.8. The van der Waals surface area contributed by atoms with E-state index in [4.69, 9.17) is 5.26 Å². The molecule has 1 rings (SSSR count). The Labute approximate surface area is 73.4 Å². The van der Waals surface area contributed by atoms with Gasteiger partial charge < -0.3 is 0 Å². The van der Waals surface area contributed by atoms with Crippen LogP contribution in [0.3, 0.4) is 0 Å². The summed E-state index contributed by atoms with van der Waals surface area (Å²) in [5.41, 5.74) is -0.144. The monoisotopic (exact) mass is 185 g/mol. The molecule has 0 aliphatic carbocycles. The average molecular weight is 185 g/mol. The van der Waals surface area contributed by atoms with Crippen molar-refractivity contribution in [1.29, 1.82) is 5.26 Å². The summed E-state index contributed by atoms with van der Waals surface area (Å²) in [7, 11) is 0. The minimum absolute atomic E-state index is 0.144. The molecule has 68 valence electrons. The lowest BCUT2D eigenvalue weighted by molar-refractivity contribution is 0.0636. The summed E-state index contributed by atoms with van der Waals surface area (Å²) < 4.78 is 37.8.